The Morgan fingerprint density at radius 3 is 2.58 bits per heavy atom. The van der Waals surface area contributed by atoms with Crippen molar-refractivity contribution in [1.29, 1.82) is 0 Å². The number of fused-ring (bicyclic) bond motifs is 1. The number of benzene rings is 2. The summed E-state index contributed by atoms with van der Waals surface area (Å²) in [6.45, 7) is 6.67. The largest absolute Gasteiger partial charge is 0.416 e. The molecular formula is C26H24F3NS. The maximum Gasteiger partial charge on any atom is 0.416 e. The summed E-state index contributed by atoms with van der Waals surface area (Å²) in [4.78, 5) is 2.36. The number of rotatable bonds is 3. The third-order valence-electron chi connectivity index (χ3n) is 5.73. The van der Waals surface area contributed by atoms with Gasteiger partial charge in [0.2, 0.25) is 0 Å². The van der Waals surface area contributed by atoms with E-state index in [9.17, 15) is 13.2 Å². The van der Waals surface area contributed by atoms with E-state index in [1.165, 1.54) is 22.2 Å². The number of piperidine rings is 1. The molecule has 3 aromatic rings. The molecule has 31 heavy (non-hydrogen) atoms. The molecule has 0 N–H and O–H groups in total. The zero-order chi connectivity index (χ0) is 22.0. The summed E-state index contributed by atoms with van der Waals surface area (Å²) in [6, 6.07) is 13.8. The Morgan fingerprint density at radius 1 is 1.13 bits per heavy atom. The van der Waals surface area contributed by atoms with Crippen LogP contribution < -0.4 is 0 Å². The van der Waals surface area contributed by atoms with Crippen molar-refractivity contribution in [3.05, 3.63) is 82.8 Å². The third-order valence-corrected chi connectivity index (χ3v) is 6.71. The van der Waals surface area contributed by atoms with Crippen molar-refractivity contribution in [2.24, 2.45) is 0 Å². The van der Waals surface area contributed by atoms with Crippen LogP contribution in [0.4, 0.5) is 13.2 Å². The summed E-state index contributed by atoms with van der Waals surface area (Å²) in [7, 11) is 0. The number of thiophene rings is 1. The Morgan fingerprint density at radius 2 is 1.87 bits per heavy atom. The van der Waals surface area contributed by atoms with Gasteiger partial charge in [0.1, 0.15) is 0 Å². The minimum absolute atomic E-state index is 0.0270. The van der Waals surface area contributed by atoms with E-state index < -0.39 is 11.7 Å². The maximum atomic E-state index is 13.0. The molecule has 0 unspecified atom stereocenters. The molecule has 1 aliphatic heterocycles. The summed E-state index contributed by atoms with van der Waals surface area (Å²) >= 11 is 1.70. The molecule has 1 saturated heterocycles. The molecule has 2 aromatic carbocycles. The van der Waals surface area contributed by atoms with Crippen molar-refractivity contribution in [3.63, 3.8) is 0 Å². The van der Waals surface area contributed by atoms with Crippen LogP contribution in [0.15, 0.2) is 66.1 Å². The average Bonchev–Trinajstić information content (AvgIpc) is 3.18. The van der Waals surface area contributed by atoms with Gasteiger partial charge in [-0.2, -0.15) is 13.2 Å². The van der Waals surface area contributed by atoms with E-state index in [1.54, 1.807) is 23.5 Å². The lowest BCUT2D eigenvalue weighted by Gasteiger charge is -2.39. The van der Waals surface area contributed by atoms with E-state index in [1.807, 2.05) is 19.1 Å². The molecule has 0 aliphatic carbocycles. The lowest BCUT2D eigenvalue weighted by Crippen LogP contribution is -2.36. The second-order valence-corrected chi connectivity index (χ2v) is 8.92. The van der Waals surface area contributed by atoms with Gasteiger partial charge in [-0.3, -0.25) is 4.90 Å². The van der Waals surface area contributed by atoms with Crippen molar-refractivity contribution < 1.29 is 13.2 Å². The van der Waals surface area contributed by atoms with Crippen molar-refractivity contribution in [2.75, 3.05) is 6.54 Å². The van der Waals surface area contributed by atoms with Crippen LogP contribution in [-0.4, -0.2) is 11.4 Å². The van der Waals surface area contributed by atoms with Gasteiger partial charge in [0, 0.05) is 17.3 Å². The van der Waals surface area contributed by atoms with E-state index in [-0.39, 0.29) is 12.1 Å². The highest BCUT2D eigenvalue weighted by Gasteiger charge is 2.33. The smallest absolute Gasteiger partial charge is 0.279 e. The normalized spacial score (nSPS) is 18.4. The SMILES string of the molecule is C=C(C)C#C[C@H](c1csc2ccccc12)N1CCCC[C@H]1c1ccc(C(F)(F)F)cc1. The molecule has 0 radical (unpaired) electrons. The van der Waals surface area contributed by atoms with Crippen LogP contribution in [-0.2, 0) is 6.18 Å². The lowest BCUT2D eigenvalue weighted by molar-refractivity contribution is -0.137. The van der Waals surface area contributed by atoms with Gasteiger partial charge in [-0.25, -0.2) is 0 Å². The number of hydrogen-bond donors (Lipinski definition) is 0. The average molecular weight is 440 g/mol. The van der Waals surface area contributed by atoms with Gasteiger partial charge in [-0.05, 0) is 65.4 Å². The van der Waals surface area contributed by atoms with Crippen LogP contribution in [0.2, 0.25) is 0 Å². The zero-order valence-electron chi connectivity index (χ0n) is 17.4. The first-order chi connectivity index (χ1) is 14.8. The molecule has 2 atom stereocenters. The Hall–Kier alpha value is -2.55. The minimum Gasteiger partial charge on any atom is -0.279 e. The maximum absolute atomic E-state index is 13.0. The summed E-state index contributed by atoms with van der Waals surface area (Å²) in [5, 5.41) is 3.35. The van der Waals surface area contributed by atoms with Crippen LogP contribution in [0, 0.1) is 11.8 Å². The van der Waals surface area contributed by atoms with E-state index in [4.69, 9.17) is 0 Å². The molecule has 1 aromatic heterocycles. The Kier molecular flexibility index (Phi) is 6.22. The number of halogens is 3. The summed E-state index contributed by atoms with van der Waals surface area (Å²) < 4.78 is 40.3. The molecule has 1 nitrogen and oxygen atoms in total. The number of likely N-dealkylation sites (tertiary alicyclic amines) is 1. The van der Waals surface area contributed by atoms with Crippen molar-refractivity contribution in [3.8, 4) is 11.8 Å². The third kappa shape index (κ3) is 4.71. The van der Waals surface area contributed by atoms with E-state index in [0.29, 0.717) is 0 Å². The first-order valence-electron chi connectivity index (χ1n) is 10.4. The number of hydrogen-bond acceptors (Lipinski definition) is 2. The standard InChI is InChI=1S/C26H24F3NS/c1-18(2)10-15-24(22-17-31-25-9-4-3-7-21(22)25)30-16-6-5-8-23(30)19-11-13-20(14-12-19)26(27,28)29/h3-4,7,9,11-14,17,23-24H,1,5-6,8,16H2,2H3/t23-,24+/m0/s1. The fourth-order valence-electron chi connectivity index (χ4n) is 4.26. The predicted molar refractivity (Wildman–Crippen MR) is 122 cm³/mol. The molecule has 5 heteroatoms. The Labute approximate surface area is 185 Å². The van der Waals surface area contributed by atoms with Crippen molar-refractivity contribution in [1.82, 2.24) is 4.90 Å². The highest BCUT2D eigenvalue weighted by atomic mass is 32.1. The molecular weight excluding hydrogens is 415 g/mol. The van der Waals surface area contributed by atoms with Gasteiger partial charge in [-0.15, -0.1) is 11.3 Å². The first-order valence-corrected chi connectivity index (χ1v) is 11.3. The zero-order valence-corrected chi connectivity index (χ0v) is 18.2. The molecule has 4 rings (SSSR count). The molecule has 0 amide bonds. The van der Waals surface area contributed by atoms with Crippen LogP contribution in [0.1, 0.15) is 55.0 Å². The van der Waals surface area contributed by atoms with E-state index >= 15 is 0 Å². The van der Waals surface area contributed by atoms with Crippen molar-refractivity contribution in [2.45, 2.75) is 44.4 Å². The van der Waals surface area contributed by atoms with Crippen molar-refractivity contribution >= 4 is 21.4 Å². The van der Waals surface area contributed by atoms with Gasteiger partial charge in [0.25, 0.3) is 0 Å². The highest BCUT2D eigenvalue weighted by Crippen LogP contribution is 2.41. The minimum atomic E-state index is -4.32. The second-order valence-electron chi connectivity index (χ2n) is 8.01. The number of nitrogens with zero attached hydrogens (tertiary/aromatic N) is 1. The van der Waals surface area contributed by atoms with Gasteiger partial charge in [0.05, 0.1) is 11.6 Å². The van der Waals surface area contributed by atoms with E-state index in [0.717, 1.165) is 42.5 Å². The quantitative estimate of drug-likeness (QED) is 0.377. The van der Waals surface area contributed by atoms with Gasteiger partial charge in [-0.1, -0.05) is 55.2 Å². The number of alkyl halides is 3. The van der Waals surface area contributed by atoms with Crippen LogP contribution in [0.5, 0.6) is 0 Å². The summed E-state index contributed by atoms with van der Waals surface area (Å²) in [5.41, 5.74) is 2.26. The van der Waals surface area contributed by atoms with Gasteiger partial charge in [0.15, 0.2) is 0 Å². The summed E-state index contributed by atoms with van der Waals surface area (Å²) in [5.74, 6) is 6.59. The molecule has 0 spiro atoms. The Balaban J connectivity index is 1.75. The molecule has 160 valence electrons. The highest BCUT2D eigenvalue weighted by molar-refractivity contribution is 7.17. The lowest BCUT2D eigenvalue weighted by atomic mass is 9.91. The first kappa shape index (κ1) is 21.7. The van der Waals surface area contributed by atoms with Crippen LogP contribution in [0.25, 0.3) is 10.1 Å². The fraction of sp³-hybridized carbons (Fsp3) is 0.308. The number of allylic oxidation sites excluding steroid dienone is 1. The summed E-state index contributed by atoms with van der Waals surface area (Å²) in [6.07, 6.45) is -1.33. The van der Waals surface area contributed by atoms with Crippen LogP contribution >= 0.6 is 11.3 Å². The molecule has 1 aliphatic rings. The molecule has 0 bridgehead atoms. The predicted octanol–water partition coefficient (Wildman–Crippen LogP) is 7.77. The molecule has 1 fully saturated rings. The van der Waals surface area contributed by atoms with E-state index in [2.05, 4.69) is 40.8 Å². The molecule has 0 saturated carbocycles. The van der Waals surface area contributed by atoms with Crippen LogP contribution in [0.3, 0.4) is 0 Å². The Bertz CT molecular complexity index is 1130. The topological polar surface area (TPSA) is 3.24 Å². The van der Waals surface area contributed by atoms with Gasteiger partial charge >= 0.3 is 6.18 Å². The second kappa shape index (κ2) is 8.90. The fourth-order valence-corrected chi connectivity index (χ4v) is 5.24. The van der Waals surface area contributed by atoms with Gasteiger partial charge < -0.3 is 0 Å². The monoisotopic (exact) mass is 439 g/mol. The molecule has 2 heterocycles.